The molecule has 0 aliphatic rings. The summed E-state index contributed by atoms with van der Waals surface area (Å²) in [6.07, 6.45) is 0. The summed E-state index contributed by atoms with van der Waals surface area (Å²) in [5.74, 6) is 0.451. The van der Waals surface area contributed by atoms with Crippen LogP contribution in [0.15, 0.2) is 42.5 Å². The third-order valence-electron chi connectivity index (χ3n) is 2.90. The molecule has 0 fully saturated rings. The number of ether oxygens (including phenoxy) is 1. The van der Waals surface area contributed by atoms with Gasteiger partial charge in [-0.25, -0.2) is 4.39 Å². The highest BCUT2D eigenvalue weighted by Crippen LogP contribution is 2.16. The van der Waals surface area contributed by atoms with E-state index in [9.17, 15) is 4.39 Å². The van der Waals surface area contributed by atoms with Gasteiger partial charge in [-0.3, -0.25) is 0 Å². The van der Waals surface area contributed by atoms with Gasteiger partial charge in [0.25, 0.3) is 0 Å². The van der Waals surface area contributed by atoms with Crippen molar-refractivity contribution in [2.75, 3.05) is 11.9 Å². The maximum absolute atomic E-state index is 13.4. The normalized spacial score (nSPS) is 9.85. The summed E-state index contributed by atoms with van der Waals surface area (Å²) in [6, 6.07) is 14.4. The number of rotatable bonds is 5. The van der Waals surface area contributed by atoms with Crippen LogP contribution in [0.1, 0.15) is 11.1 Å². The molecule has 0 amide bonds. The summed E-state index contributed by atoms with van der Waals surface area (Å²) >= 11 is 0. The number of halogens is 1. The van der Waals surface area contributed by atoms with Crippen LogP contribution in [-0.2, 0) is 6.54 Å². The van der Waals surface area contributed by atoms with E-state index in [4.69, 9.17) is 10.00 Å². The number of nitrogens with zero attached hydrogens (tertiary/aromatic N) is 1. The SMILES string of the molecule is Cc1ccc(NCc2ccc(OCC#N)cc2)cc1F. The number of hydrogen-bond donors (Lipinski definition) is 1. The lowest BCUT2D eigenvalue weighted by Crippen LogP contribution is -2.00. The summed E-state index contributed by atoms with van der Waals surface area (Å²) in [7, 11) is 0. The van der Waals surface area contributed by atoms with E-state index in [1.54, 1.807) is 13.0 Å². The molecule has 0 aromatic heterocycles. The maximum Gasteiger partial charge on any atom is 0.174 e. The molecule has 2 aromatic rings. The van der Waals surface area contributed by atoms with Crippen LogP contribution < -0.4 is 10.1 Å². The highest BCUT2D eigenvalue weighted by molar-refractivity contribution is 5.45. The Hall–Kier alpha value is -2.54. The molecule has 20 heavy (non-hydrogen) atoms. The molecule has 4 heteroatoms. The molecular formula is C16H15FN2O. The maximum atomic E-state index is 13.4. The van der Waals surface area contributed by atoms with Gasteiger partial charge in [0.1, 0.15) is 17.6 Å². The Morgan fingerprint density at radius 3 is 2.60 bits per heavy atom. The van der Waals surface area contributed by atoms with Crippen molar-refractivity contribution in [2.45, 2.75) is 13.5 Å². The quantitative estimate of drug-likeness (QED) is 0.902. The standard InChI is InChI=1S/C16H15FN2O/c1-12-2-5-14(10-16(12)17)19-11-13-3-6-15(7-4-13)20-9-8-18/h2-7,10,19H,9,11H2,1H3. The molecule has 2 aromatic carbocycles. The third-order valence-corrected chi connectivity index (χ3v) is 2.90. The lowest BCUT2D eigenvalue weighted by atomic mass is 10.2. The van der Waals surface area contributed by atoms with E-state index in [0.29, 0.717) is 17.9 Å². The molecule has 0 saturated carbocycles. The zero-order valence-electron chi connectivity index (χ0n) is 11.2. The Kier molecular flexibility index (Phi) is 4.56. The first-order valence-electron chi connectivity index (χ1n) is 6.28. The number of benzene rings is 2. The number of nitriles is 1. The van der Waals surface area contributed by atoms with Crippen LogP contribution in [0.4, 0.5) is 10.1 Å². The van der Waals surface area contributed by atoms with Gasteiger partial charge in [-0.1, -0.05) is 18.2 Å². The van der Waals surface area contributed by atoms with E-state index in [-0.39, 0.29) is 12.4 Å². The largest absolute Gasteiger partial charge is 0.479 e. The Morgan fingerprint density at radius 2 is 1.95 bits per heavy atom. The van der Waals surface area contributed by atoms with Crippen molar-refractivity contribution in [3.63, 3.8) is 0 Å². The van der Waals surface area contributed by atoms with E-state index in [1.165, 1.54) is 6.07 Å². The highest BCUT2D eigenvalue weighted by atomic mass is 19.1. The Balaban J connectivity index is 1.93. The number of anilines is 1. The highest BCUT2D eigenvalue weighted by Gasteiger charge is 2.00. The average Bonchev–Trinajstić information content (AvgIpc) is 2.47. The molecule has 0 unspecified atom stereocenters. The minimum atomic E-state index is -0.213. The molecule has 0 aliphatic carbocycles. The first-order valence-corrected chi connectivity index (χ1v) is 6.28. The molecule has 0 atom stereocenters. The van der Waals surface area contributed by atoms with Crippen molar-refractivity contribution in [1.29, 1.82) is 5.26 Å². The minimum Gasteiger partial charge on any atom is -0.479 e. The molecule has 1 N–H and O–H groups in total. The monoisotopic (exact) mass is 270 g/mol. The fourth-order valence-electron chi connectivity index (χ4n) is 1.73. The molecule has 0 saturated heterocycles. The minimum absolute atomic E-state index is 0.0419. The first-order chi connectivity index (χ1) is 9.69. The van der Waals surface area contributed by atoms with Crippen molar-refractivity contribution in [3.8, 4) is 11.8 Å². The van der Waals surface area contributed by atoms with E-state index >= 15 is 0 Å². The second-order valence-electron chi connectivity index (χ2n) is 4.41. The summed E-state index contributed by atoms with van der Waals surface area (Å²) in [4.78, 5) is 0. The second kappa shape index (κ2) is 6.58. The zero-order valence-corrected chi connectivity index (χ0v) is 11.2. The van der Waals surface area contributed by atoms with Crippen molar-refractivity contribution < 1.29 is 9.13 Å². The summed E-state index contributed by atoms with van der Waals surface area (Å²) in [6.45, 7) is 2.38. The molecule has 0 radical (unpaired) electrons. The van der Waals surface area contributed by atoms with E-state index in [0.717, 1.165) is 11.3 Å². The van der Waals surface area contributed by atoms with Crippen molar-refractivity contribution in [3.05, 3.63) is 59.4 Å². The van der Waals surface area contributed by atoms with Gasteiger partial charge in [-0.05, 0) is 42.3 Å². The summed E-state index contributed by atoms with van der Waals surface area (Å²) in [5.41, 5.74) is 2.43. The van der Waals surface area contributed by atoms with Crippen molar-refractivity contribution in [1.82, 2.24) is 0 Å². The van der Waals surface area contributed by atoms with Crippen LogP contribution in [0.25, 0.3) is 0 Å². The van der Waals surface area contributed by atoms with Crippen LogP contribution in [0.3, 0.4) is 0 Å². The molecule has 3 nitrogen and oxygen atoms in total. The lowest BCUT2D eigenvalue weighted by molar-refractivity contribution is 0.368. The van der Waals surface area contributed by atoms with Gasteiger partial charge in [0.05, 0.1) is 0 Å². The Labute approximate surface area is 117 Å². The van der Waals surface area contributed by atoms with Crippen LogP contribution in [-0.4, -0.2) is 6.61 Å². The fraction of sp³-hybridized carbons (Fsp3) is 0.188. The van der Waals surface area contributed by atoms with Crippen molar-refractivity contribution >= 4 is 5.69 Å². The smallest absolute Gasteiger partial charge is 0.174 e. The van der Waals surface area contributed by atoms with E-state index in [1.807, 2.05) is 36.4 Å². The van der Waals surface area contributed by atoms with Crippen LogP contribution in [0, 0.1) is 24.1 Å². The van der Waals surface area contributed by atoms with Gasteiger partial charge in [0.15, 0.2) is 6.61 Å². The van der Waals surface area contributed by atoms with Gasteiger partial charge in [0.2, 0.25) is 0 Å². The number of nitrogens with one attached hydrogen (secondary N) is 1. The summed E-state index contributed by atoms with van der Waals surface area (Å²) in [5, 5.41) is 11.6. The van der Waals surface area contributed by atoms with Gasteiger partial charge in [-0.2, -0.15) is 5.26 Å². The molecule has 0 bridgehead atoms. The van der Waals surface area contributed by atoms with Gasteiger partial charge in [0, 0.05) is 12.2 Å². The van der Waals surface area contributed by atoms with Gasteiger partial charge in [-0.15, -0.1) is 0 Å². The predicted molar refractivity (Wildman–Crippen MR) is 76.0 cm³/mol. The van der Waals surface area contributed by atoms with Gasteiger partial charge >= 0.3 is 0 Å². The van der Waals surface area contributed by atoms with Crippen LogP contribution in [0.5, 0.6) is 5.75 Å². The molecule has 0 heterocycles. The fourth-order valence-corrected chi connectivity index (χ4v) is 1.73. The third kappa shape index (κ3) is 3.72. The lowest BCUT2D eigenvalue weighted by Gasteiger charge is -2.08. The van der Waals surface area contributed by atoms with Crippen molar-refractivity contribution in [2.24, 2.45) is 0 Å². The first kappa shape index (κ1) is 13.9. The van der Waals surface area contributed by atoms with Crippen LogP contribution >= 0.6 is 0 Å². The van der Waals surface area contributed by atoms with Crippen LogP contribution in [0.2, 0.25) is 0 Å². The zero-order chi connectivity index (χ0) is 14.4. The number of aryl methyl sites for hydroxylation is 1. The predicted octanol–water partition coefficient (Wildman–Crippen LogP) is 3.65. The van der Waals surface area contributed by atoms with E-state index < -0.39 is 0 Å². The molecule has 0 aliphatic heterocycles. The van der Waals surface area contributed by atoms with E-state index in [2.05, 4.69) is 5.32 Å². The Bertz CT molecular complexity index is 617. The summed E-state index contributed by atoms with van der Waals surface area (Å²) < 4.78 is 18.6. The molecule has 102 valence electrons. The average molecular weight is 270 g/mol. The number of hydrogen-bond acceptors (Lipinski definition) is 3. The van der Waals surface area contributed by atoms with Gasteiger partial charge < -0.3 is 10.1 Å². The molecule has 2 rings (SSSR count). The molecule has 0 spiro atoms. The molecular weight excluding hydrogens is 255 g/mol. The second-order valence-corrected chi connectivity index (χ2v) is 4.41. The Morgan fingerprint density at radius 1 is 1.20 bits per heavy atom. The topological polar surface area (TPSA) is 45.0 Å².